The van der Waals surface area contributed by atoms with Crippen LogP contribution in [-0.2, 0) is 4.79 Å². The van der Waals surface area contributed by atoms with Crippen molar-refractivity contribution in [3.05, 3.63) is 72.4 Å². The van der Waals surface area contributed by atoms with E-state index in [2.05, 4.69) is 27.2 Å². The van der Waals surface area contributed by atoms with Gasteiger partial charge in [-0.2, -0.15) is 4.98 Å². The monoisotopic (exact) mass is 444 g/mol. The number of aryl methyl sites for hydroxylation is 1. The lowest BCUT2D eigenvalue weighted by atomic mass is 10.0. The summed E-state index contributed by atoms with van der Waals surface area (Å²) >= 11 is 0. The summed E-state index contributed by atoms with van der Waals surface area (Å²) in [4.78, 5) is 37.0. The molecule has 3 aromatic rings. The van der Waals surface area contributed by atoms with Crippen LogP contribution in [0.1, 0.15) is 24.1 Å². The highest BCUT2D eigenvalue weighted by Gasteiger charge is 2.36. The van der Waals surface area contributed by atoms with Gasteiger partial charge in [0, 0.05) is 24.9 Å². The van der Waals surface area contributed by atoms with Gasteiger partial charge in [-0.1, -0.05) is 18.7 Å². The molecule has 9 heteroatoms. The van der Waals surface area contributed by atoms with E-state index in [1.165, 1.54) is 11.0 Å². The number of rotatable bonds is 5. The number of para-hydroxylation sites is 2. The Kier molecular flexibility index (Phi) is 5.70. The zero-order valence-corrected chi connectivity index (χ0v) is 18.5. The number of nitrogens with zero attached hydrogens (tertiary/aromatic N) is 4. The molecule has 1 unspecified atom stereocenters. The van der Waals surface area contributed by atoms with Gasteiger partial charge in [0.25, 0.3) is 0 Å². The number of anilines is 5. The van der Waals surface area contributed by atoms with Crippen molar-refractivity contribution in [1.29, 1.82) is 0 Å². The molecule has 1 atom stereocenters. The van der Waals surface area contributed by atoms with Crippen LogP contribution in [0.5, 0.6) is 5.75 Å². The molecule has 0 radical (unpaired) electrons. The van der Waals surface area contributed by atoms with Gasteiger partial charge in [0.1, 0.15) is 11.6 Å². The van der Waals surface area contributed by atoms with E-state index in [1.54, 1.807) is 48.5 Å². The molecule has 2 heterocycles. The van der Waals surface area contributed by atoms with Gasteiger partial charge in [0.2, 0.25) is 11.9 Å². The Morgan fingerprint density at radius 2 is 1.94 bits per heavy atom. The Balaban J connectivity index is 1.67. The maximum atomic E-state index is 13.2. The van der Waals surface area contributed by atoms with E-state index in [0.29, 0.717) is 22.9 Å². The van der Waals surface area contributed by atoms with E-state index in [4.69, 9.17) is 0 Å². The van der Waals surface area contributed by atoms with Crippen molar-refractivity contribution in [1.82, 2.24) is 9.97 Å². The minimum atomic E-state index is -0.349. The van der Waals surface area contributed by atoms with E-state index in [9.17, 15) is 14.7 Å². The van der Waals surface area contributed by atoms with Crippen LogP contribution in [0, 0.1) is 6.92 Å². The molecule has 0 spiro atoms. The Hall–Kier alpha value is -4.40. The summed E-state index contributed by atoms with van der Waals surface area (Å²) in [6, 6.07) is 11.6. The fourth-order valence-electron chi connectivity index (χ4n) is 3.78. The smallest absolute Gasteiger partial charge is 0.330 e. The van der Waals surface area contributed by atoms with E-state index < -0.39 is 0 Å². The molecule has 0 saturated heterocycles. The van der Waals surface area contributed by atoms with Crippen molar-refractivity contribution in [2.75, 3.05) is 27.5 Å². The summed E-state index contributed by atoms with van der Waals surface area (Å²) in [6.07, 6.45) is 2.86. The van der Waals surface area contributed by atoms with Crippen LogP contribution in [-0.4, -0.2) is 34.1 Å². The van der Waals surface area contributed by atoms with Crippen LogP contribution in [0.4, 0.5) is 33.6 Å². The molecule has 9 nitrogen and oxygen atoms in total. The highest BCUT2D eigenvalue weighted by Crippen LogP contribution is 2.39. The second-order valence-electron chi connectivity index (χ2n) is 7.75. The van der Waals surface area contributed by atoms with Crippen molar-refractivity contribution in [2.45, 2.75) is 19.9 Å². The van der Waals surface area contributed by atoms with Gasteiger partial charge in [-0.15, -0.1) is 0 Å². The lowest BCUT2D eigenvalue weighted by Crippen LogP contribution is -2.48. The molecule has 33 heavy (non-hydrogen) atoms. The Morgan fingerprint density at radius 3 is 2.64 bits per heavy atom. The van der Waals surface area contributed by atoms with Crippen LogP contribution < -0.4 is 20.4 Å². The van der Waals surface area contributed by atoms with Crippen LogP contribution in [0.25, 0.3) is 0 Å². The van der Waals surface area contributed by atoms with Crippen molar-refractivity contribution < 1.29 is 14.7 Å². The summed E-state index contributed by atoms with van der Waals surface area (Å²) in [6.45, 7) is 7.21. The van der Waals surface area contributed by atoms with Crippen molar-refractivity contribution in [3.8, 4) is 5.75 Å². The second kappa shape index (κ2) is 8.62. The number of phenols is 1. The number of phenolic OH excluding ortho intramolecular Hbond substituents is 1. The van der Waals surface area contributed by atoms with Gasteiger partial charge in [-0.05, 0) is 49.8 Å². The maximum absolute atomic E-state index is 13.2. The maximum Gasteiger partial charge on any atom is 0.330 e. The number of hydrogen-bond acceptors (Lipinski definition) is 6. The Labute approximate surface area is 191 Å². The van der Waals surface area contributed by atoms with Crippen molar-refractivity contribution >= 4 is 40.8 Å². The van der Waals surface area contributed by atoms with Gasteiger partial charge in [-0.25, -0.2) is 9.78 Å². The van der Waals surface area contributed by atoms with Gasteiger partial charge >= 0.3 is 6.03 Å². The number of carbonyl (C=O) groups excluding carboxylic acids is 2. The number of fused-ring (bicyclic) bond motifs is 1. The molecule has 0 fully saturated rings. The molecule has 0 saturated carbocycles. The van der Waals surface area contributed by atoms with Crippen LogP contribution in [0.2, 0.25) is 0 Å². The fourth-order valence-corrected chi connectivity index (χ4v) is 3.78. The predicted octanol–water partition coefficient (Wildman–Crippen LogP) is 4.50. The van der Waals surface area contributed by atoms with Crippen molar-refractivity contribution in [2.24, 2.45) is 0 Å². The third-order valence-corrected chi connectivity index (χ3v) is 5.39. The first kappa shape index (κ1) is 21.8. The minimum Gasteiger partial charge on any atom is -0.508 e. The van der Waals surface area contributed by atoms with Gasteiger partial charge < -0.3 is 15.7 Å². The van der Waals surface area contributed by atoms with E-state index in [0.717, 1.165) is 11.1 Å². The molecule has 1 aliphatic rings. The highest BCUT2D eigenvalue weighted by atomic mass is 16.3. The molecule has 3 N–H and O–H groups in total. The topological polar surface area (TPSA) is 111 Å². The van der Waals surface area contributed by atoms with Crippen molar-refractivity contribution in [3.63, 3.8) is 0 Å². The third kappa shape index (κ3) is 4.20. The molecule has 0 aliphatic carbocycles. The summed E-state index contributed by atoms with van der Waals surface area (Å²) < 4.78 is 0. The summed E-state index contributed by atoms with van der Waals surface area (Å²) in [7, 11) is 1.64. The number of nitrogens with one attached hydrogen (secondary N) is 2. The third-order valence-electron chi connectivity index (χ3n) is 5.39. The summed E-state index contributed by atoms with van der Waals surface area (Å²) in [5.74, 6) is 0.516. The first-order valence-electron chi connectivity index (χ1n) is 10.3. The van der Waals surface area contributed by atoms with E-state index in [-0.39, 0.29) is 29.7 Å². The average molecular weight is 444 g/mol. The average Bonchev–Trinajstić information content (AvgIpc) is 2.78. The number of benzene rings is 2. The quantitative estimate of drug-likeness (QED) is 0.500. The summed E-state index contributed by atoms with van der Waals surface area (Å²) in [5, 5.41) is 15.8. The van der Waals surface area contributed by atoms with E-state index >= 15 is 0 Å². The van der Waals surface area contributed by atoms with Crippen LogP contribution in [0.15, 0.2) is 61.3 Å². The Morgan fingerprint density at radius 1 is 1.21 bits per heavy atom. The first-order chi connectivity index (χ1) is 15.8. The number of aromatic nitrogens is 2. The standard InChI is InChI=1S/C24H24N6O3/c1-5-21(32)26-19-8-6-7-9-20(19)27-23-25-13-18-15(3)30(24(33)29(4)22(18)28-23)16-10-14(2)11-17(31)12-16/h5-13,15,31H,1H2,2-4H3,(H,26,32)(H,25,27,28). The van der Waals surface area contributed by atoms with Gasteiger partial charge in [0.15, 0.2) is 0 Å². The SMILES string of the molecule is C=CC(=O)Nc1ccccc1Nc1ncc2c(n1)N(C)C(=O)N(c1cc(C)cc(O)c1)C2C. The number of urea groups is 1. The molecule has 0 bridgehead atoms. The normalized spacial score (nSPS) is 15.1. The molecule has 1 aromatic heterocycles. The van der Waals surface area contributed by atoms with Gasteiger partial charge in [0.05, 0.1) is 23.1 Å². The van der Waals surface area contributed by atoms with E-state index in [1.807, 2.05) is 26.0 Å². The number of hydrogen-bond donors (Lipinski definition) is 3. The molecular formula is C24H24N6O3. The highest BCUT2D eigenvalue weighted by molar-refractivity contribution is 6.06. The summed E-state index contributed by atoms with van der Waals surface area (Å²) in [5.41, 5.74) is 3.35. The lowest BCUT2D eigenvalue weighted by Gasteiger charge is -2.39. The lowest BCUT2D eigenvalue weighted by molar-refractivity contribution is -0.111. The zero-order chi connectivity index (χ0) is 23.7. The number of aromatic hydroxyl groups is 1. The zero-order valence-electron chi connectivity index (χ0n) is 18.5. The fraction of sp³-hybridized carbons (Fsp3) is 0.167. The largest absolute Gasteiger partial charge is 0.508 e. The predicted molar refractivity (Wildman–Crippen MR) is 128 cm³/mol. The minimum absolute atomic E-state index is 0.0939. The first-order valence-corrected chi connectivity index (χ1v) is 10.3. The molecule has 4 rings (SSSR count). The molecule has 168 valence electrons. The molecule has 1 aliphatic heterocycles. The number of amides is 3. The molecule has 2 aromatic carbocycles. The number of carbonyl (C=O) groups is 2. The Bertz CT molecular complexity index is 1240. The van der Waals surface area contributed by atoms with Crippen LogP contribution in [0.3, 0.4) is 0 Å². The second-order valence-corrected chi connectivity index (χ2v) is 7.75. The molecule has 3 amide bonds. The van der Waals surface area contributed by atoms with Crippen LogP contribution >= 0.6 is 0 Å². The molecular weight excluding hydrogens is 420 g/mol. The van der Waals surface area contributed by atoms with Gasteiger partial charge in [-0.3, -0.25) is 14.6 Å².